The zero-order valence-corrected chi connectivity index (χ0v) is 26.4. The van der Waals surface area contributed by atoms with E-state index in [1.807, 2.05) is 78.9 Å². The molecule has 5 aromatic rings. The third-order valence-electron chi connectivity index (χ3n) is 8.27. The molecule has 0 saturated heterocycles. The maximum Gasteiger partial charge on any atom is 0.338 e. The Labute approximate surface area is 273 Å². The van der Waals surface area contributed by atoms with Crippen molar-refractivity contribution in [2.24, 2.45) is 5.84 Å². The number of benzene rings is 5. The van der Waals surface area contributed by atoms with Gasteiger partial charge in [0.25, 0.3) is 11.8 Å². The molecule has 240 valence electrons. The maximum absolute atomic E-state index is 13.7. The summed E-state index contributed by atoms with van der Waals surface area (Å²) in [4.78, 5) is 40.7. The molecule has 0 atom stereocenters. The van der Waals surface area contributed by atoms with Crippen molar-refractivity contribution in [2.75, 3.05) is 36.9 Å². The molecule has 6 rings (SSSR count). The number of unbranched alkanes of at least 4 members (excludes halogenated alkanes) is 1. The summed E-state index contributed by atoms with van der Waals surface area (Å²) in [7, 11) is 0. The lowest BCUT2D eigenvalue weighted by molar-refractivity contribution is 0.0428. The van der Waals surface area contributed by atoms with E-state index >= 15 is 0 Å². The van der Waals surface area contributed by atoms with Gasteiger partial charge in [0.2, 0.25) is 0 Å². The molecule has 1 aliphatic rings. The number of aryl methyl sites for hydroxylation is 1. The van der Waals surface area contributed by atoms with Crippen LogP contribution in [0.25, 0.3) is 21.5 Å². The van der Waals surface area contributed by atoms with Crippen LogP contribution in [-0.4, -0.2) is 49.1 Å². The fraction of sp³-hybridized carbons (Fsp3) is 0.237. The number of hydrogen-bond donors (Lipinski definition) is 3. The quantitative estimate of drug-likeness (QED) is 0.150. The van der Waals surface area contributed by atoms with Crippen LogP contribution in [0.2, 0.25) is 0 Å². The van der Waals surface area contributed by atoms with Crippen molar-refractivity contribution in [3.8, 4) is 0 Å². The van der Waals surface area contributed by atoms with Crippen LogP contribution in [0.4, 0.5) is 11.4 Å². The van der Waals surface area contributed by atoms with Gasteiger partial charge in [-0.25, -0.2) is 9.80 Å². The predicted molar refractivity (Wildman–Crippen MR) is 185 cm³/mol. The molecular formula is C38H38N4O5. The average Bonchev–Trinajstić information content (AvgIpc) is 3.08. The van der Waals surface area contributed by atoms with E-state index in [1.54, 1.807) is 17.1 Å². The highest BCUT2D eigenvalue weighted by molar-refractivity contribution is 6.11. The molecule has 9 heteroatoms. The van der Waals surface area contributed by atoms with E-state index in [0.29, 0.717) is 59.8 Å². The minimum absolute atomic E-state index is 0.0833. The van der Waals surface area contributed by atoms with Crippen LogP contribution in [0.3, 0.4) is 0 Å². The lowest BCUT2D eigenvalue weighted by Gasteiger charge is -2.18. The topological polar surface area (TPSA) is 123 Å². The first kappa shape index (κ1) is 31.9. The zero-order chi connectivity index (χ0) is 32.8. The molecule has 0 saturated carbocycles. The van der Waals surface area contributed by atoms with Crippen molar-refractivity contribution < 1.29 is 23.9 Å². The molecule has 1 heterocycles. The van der Waals surface area contributed by atoms with E-state index in [-0.39, 0.29) is 12.5 Å². The Kier molecular flexibility index (Phi) is 9.87. The Hall–Kier alpha value is -5.09. The Morgan fingerprint density at radius 2 is 1.36 bits per heavy atom. The van der Waals surface area contributed by atoms with Gasteiger partial charge in [-0.3, -0.25) is 15.4 Å². The van der Waals surface area contributed by atoms with Crippen molar-refractivity contribution in [1.29, 1.82) is 0 Å². The third kappa shape index (κ3) is 7.66. The summed E-state index contributed by atoms with van der Waals surface area (Å²) >= 11 is 0. The number of hydrazine groups is 1. The van der Waals surface area contributed by atoms with Crippen molar-refractivity contribution >= 4 is 50.7 Å². The molecule has 2 amide bonds. The highest BCUT2D eigenvalue weighted by Crippen LogP contribution is 2.27. The Bertz CT molecular complexity index is 1960. The van der Waals surface area contributed by atoms with Crippen LogP contribution >= 0.6 is 0 Å². The summed E-state index contributed by atoms with van der Waals surface area (Å²) in [5.74, 6) is 4.94. The van der Waals surface area contributed by atoms with Crippen LogP contribution in [0.15, 0.2) is 91.0 Å². The maximum atomic E-state index is 13.7. The molecule has 0 fully saturated rings. The summed E-state index contributed by atoms with van der Waals surface area (Å²) in [6.45, 7) is 3.59. The second kappa shape index (κ2) is 14.6. The van der Waals surface area contributed by atoms with Crippen molar-refractivity contribution in [1.82, 2.24) is 5.01 Å². The Balaban J connectivity index is 1.39. The monoisotopic (exact) mass is 630 g/mol. The molecule has 0 aromatic heterocycles. The van der Waals surface area contributed by atoms with Gasteiger partial charge in [-0.2, -0.15) is 0 Å². The smallest absolute Gasteiger partial charge is 0.338 e. The zero-order valence-electron chi connectivity index (χ0n) is 26.4. The van der Waals surface area contributed by atoms with E-state index in [2.05, 4.69) is 17.6 Å². The number of hydrogen-bond acceptors (Lipinski definition) is 7. The van der Waals surface area contributed by atoms with Crippen LogP contribution in [-0.2, 0) is 22.5 Å². The summed E-state index contributed by atoms with van der Waals surface area (Å²) < 4.78 is 11.6. The average molecular weight is 631 g/mol. The molecule has 4 N–H and O–H groups in total. The summed E-state index contributed by atoms with van der Waals surface area (Å²) in [6.07, 6.45) is 2.61. The van der Waals surface area contributed by atoms with Gasteiger partial charge in [0.15, 0.2) is 0 Å². The molecule has 1 aliphatic heterocycles. The minimum Gasteiger partial charge on any atom is -0.461 e. The van der Waals surface area contributed by atoms with Crippen molar-refractivity contribution in [3.05, 3.63) is 119 Å². The SMILES string of the molecule is CCCCc1cc2cc(c1)C(=O)Nc1cc(c3ccccc3c1)C(=O)OCCN(N)CCOCc1cc(cc3ccccc13)NC2=O. The molecule has 0 radical (unpaired) electrons. The van der Waals surface area contributed by atoms with Gasteiger partial charge >= 0.3 is 5.97 Å². The van der Waals surface area contributed by atoms with Gasteiger partial charge in [0.1, 0.15) is 6.61 Å². The molecule has 47 heavy (non-hydrogen) atoms. The van der Waals surface area contributed by atoms with Gasteiger partial charge in [0, 0.05) is 35.6 Å². The first-order chi connectivity index (χ1) is 22.9. The van der Waals surface area contributed by atoms with E-state index in [1.165, 1.54) is 0 Å². The summed E-state index contributed by atoms with van der Waals surface area (Å²) in [5.41, 5.74) is 3.94. The van der Waals surface area contributed by atoms with E-state index in [4.69, 9.17) is 15.3 Å². The largest absolute Gasteiger partial charge is 0.461 e. The Morgan fingerprint density at radius 1 is 0.745 bits per heavy atom. The first-order valence-electron chi connectivity index (χ1n) is 15.9. The number of carbonyl (C=O) groups is 3. The molecule has 0 aliphatic carbocycles. The highest BCUT2D eigenvalue weighted by Gasteiger charge is 2.18. The molecule has 6 bridgehead atoms. The number of nitrogens with two attached hydrogens (primary N) is 1. The lowest BCUT2D eigenvalue weighted by atomic mass is 9.99. The van der Waals surface area contributed by atoms with Gasteiger partial charge in [0.05, 0.1) is 18.8 Å². The molecule has 9 nitrogen and oxygen atoms in total. The number of nitrogens with zero attached hydrogens (tertiary/aromatic N) is 1. The second-order valence-corrected chi connectivity index (χ2v) is 11.8. The van der Waals surface area contributed by atoms with E-state index in [9.17, 15) is 14.4 Å². The van der Waals surface area contributed by atoms with Gasteiger partial charge in [-0.15, -0.1) is 0 Å². The standard InChI is InChI=1S/C38H38N4O5/c1-2-3-8-25-17-28-19-29(18-25)37(44)41-32-21-27-10-5-7-12-34(27)35(23-32)38(45)47-16-14-42(39)13-15-46-24-30-22-31(40-36(28)43)20-26-9-4-6-11-33(26)30/h4-7,9-12,17-23H,2-3,8,13-16,24,39H2,1H3,(H,40,43)(H,41,44). The summed E-state index contributed by atoms with van der Waals surface area (Å²) in [5, 5.41) is 11.0. The predicted octanol–water partition coefficient (Wildman–Crippen LogP) is 6.70. The van der Waals surface area contributed by atoms with E-state index < -0.39 is 11.9 Å². The minimum atomic E-state index is -0.517. The van der Waals surface area contributed by atoms with Crippen LogP contribution in [0.1, 0.15) is 62.0 Å². The number of ether oxygens (including phenoxy) is 2. The third-order valence-corrected chi connectivity index (χ3v) is 8.27. The molecule has 0 unspecified atom stereocenters. The first-order valence-corrected chi connectivity index (χ1v) is 15.9. The number of anilines is 2. The fourth-order valence-electron chi connectivity index (χ4n) is 5.83. The fourth-order valence-corrected chi connectivity index (χ4v) is 5.83. The molecule has 0 spiro atoms. The number of fused-ring (bicyclic) bond motifs is 10. The molecular weight excluding hydrogens is 592 g/mol. The van der Waals surface area contributed by atoms with Gasteiger partial charge < -0.3 is 20.1 Å². The number of carbonyl (C=O) groups excluding carboxylic acids is 3. The van der Waals surface area contributed by atoms with Gasteiger partial charge in [-0.1, -0.05) is 61.9 Å². The normalized spacial score (nSPS) is 15.3. The van der Waals surface area contributed by atoms with Crippen molar-refractivity contribution in [2.45, 2.75) is 32.8 Å². The highest BCUT2D eigenvalue weighted by atomic mass is 16.5. The van der Waals surface area contributed by atoms with Gasteiger partial charge in [-0.05, 0) is 88.0 Å². The van der Waals surface area contributed by atoms with E-state index in [0.717, 1.165) is 46.5 Å². The number of nitrogens with one attached hydrogen (secondary N) is 2. The second-order valence-electron chi connectivity index (χ2n) is 11.8. The van der Waals surface area contributed by atoms with Crippen LogP contribution in [0, 0.1) is 0 Å². The molecule has 5 aromatic carbocycles. The van der Waals surface area contributed by atoms with Crippen LogP contribution in [0.5, 0.6) is 0 Å². The Morgan fingerprint density at radius 3 is 2.06 bits per heavy atom. The van der Waals surface area contributed by atoms with Crippen molar-refractivity contribution in [3.63, 3.8) is 0 Å². The number of cyclic esters (lactones) is 1. The summed E-state index contributed by atoms with van der Waals surface area (Å²) in [6, 6.07) is 27.9. The number of amides is 2. The number of rotatable bonds is 3. The lowest BCUT2D eigenvalue weighted by Crippen LogP contribution is -2.37. The van der Waals surface area contributed by atoms with Crippen LogP contribution < -0.4 is 16.5 Å². The number of esters is 1.